The van der Waals surface area contributed by atoms with Crippen molar-refractivity contribution in [1.82, 2.24) is 14.9 Å². The van der Waals surface area contributed by atoms with Crippen molar-refractivity contribution in [3.8, 4) is 0 Å². The summed E-state index contributed by atoms with van der Waals surface area (Å²) in [6.45, 7) is 2.08. The first-order valence-corrected chi connectivity index (χ1v) is 9.87. The second kappa shape index (κ2) is 9.58. The van der Waals surface area contributed by atoms with Gasteiger partial charge in [0, 0.05) is 25.6 Å². The molecule has 1 aliphatic heterocycles. The van der Waals surface area contributed by atoms with Gasteiger partial charge in [0.25, 0.3) is 0 Å². The summed E-state index contributed by atoms with van der Waals surface area (Å²) in [5.74, 6) is 0.162. The molecule has 0 aliphatic carbocycles. The van der Waals surface area contributed by atoms with Crippen molar-refractivity contribution in [2.45, 2.75) is 35.9 Å². The Labute approximate surface area is 148 Å². The van der Waals surface area contributed by atoms with E-state index in [-0.39, 0.29) is 24.4 Å². The van der Waals surface area contributed by atoms with Crippen molar-refractivity contribution in [3.63, 3.8) is 0 Å². The maximum absolute atomic E-state index is 12.2. The molecular formula is C14H24ClN3O3S2. The van der Waals surface area contributed by atoms with Crippen LogP contribution < -0.4 is 10.0 Å². The SMILES string of the molecule is CNCCCC(=O)N1CCC(NS(=O)(=O)c2cccs2)CC1.Cl. The molecule has 2 rings (SSSR count). The number of carbonyl (C=O) groups excluding carboxylic acids is 1. The molecule has 1 aromatic heterocycles. The predicted octanol–water partition coefficient (Wildman–Crippen LogP) is 1.44. The molecule has 0 spiro atoms. The van der Waals surface area contributed by atoms with Gasteiger partial charge in [-0.2, -0.15) is 0 Å². The van der Waals surface area contributed by atoms with E-state index in [2.05, 4.69) is 10.0 Å². The van der Waals surface area contributed by atoms with Gasteiger partial charge in [0.2, 0.25) is 15.9 Å². The zero-order valence-corrected chi connectivity index (χ0v) is 15.6. The molecule has 0 saturated carbocycles. The van der Waals surface area contributed by atoms with Crippen molar-refractivity contribution < 1.29 is 13.2 Å². The first-order chi connectivity index (χ1) is 10.5. The fraction of sp³-hybridized carbons (Fsp3) is 0.643. The Morgan fingerprint density at radius 2 is 2.09 bits per heavy atom. The lowest BCUT2D eigenvalue weighted by molar-refractivity contribution is -0.132. The van der Waals surface area contributed by atoms with Crippen molar-refractivity contribution in [1.29, 1.82) is 0 Å². The minimum Gasteiger partial charge on any atom is -0.343 e. The van der Waals surface area contributed by atoms with E-state index in [0.717, 1.165) is 13.0 Å². The molecule has 1 aromatic rings. The second-order valence-corrected chi connectivity index (χ2v) is 8.30. The molecule has 23 heavy (non-hydrogen) atoms. The highest BCUT2D eigenvalue weighted by molar-refractivity contribution is 7.91. The average Bonchev–Trinajstić information content (AvgIpc) is 3.03. The highest BCUT2D eigenvalue weighted by atomic mass is 35.5. The topological polar surface area (TPSA) is 78.5 Å². The Balaban J connectivity index is 0.00000264. The number of thiophene rings is 1. The number of likely N-dealkylation sites (tertiary alicyclic amines) is 1. The highest BCUT2D eigenvalue weighted by Gasteiger charge is 2.26. The Morgan fingerprint density at radius 3 is 2.65 bits per heavy atom. The predicted molar refractivity (Wildman–Crippen MR) is 94.7 cm³/mol. The number of nitrogens with zero attached hydrogens (tertiary/aromatic N) is 1. The molecule has 1 fully saturated rings. The smallest absolute Gasteiger partial charge is 0.250 e. The van der Waals surface area contributed by atoms with Crippen LogP contribution in [0.4, 0.5) is 0 Å². The number of halogens is 1. The van der Waals surface area contributed by atoms with Crippen LogP contribution in [0.15, 0.2) is 21.7 Å². The van der Waals surface area contributed by atoms with Gasteiger partial charge in [0.1, 0.15) is 4.21 Å². The molecule has 6 nitrogen and oxygen atoms in total. The first-order valence-electron chi connectivity index (χ1n) is 7.51. The van der Waals surface area contributed by atoms with E-state index in [9.17, 15) is 13.2 Å². The van der Waals surface area contributed by atoms with Gasteiger partial charge in [0.15, 0.2) is 0 Å². The number of nitrogens with one attached hydrogen (secondary N) is 2. The summed E-state index contributed by atoms with van der Waals surface area (Å²) in [7, 11) is -1.54. The van der Waals surface area contributed by atoms with E-state index in [1.54, 1.807) is 17.5 Å². The third-order valence-electron chi connectivity index (χ3n) is 3.75. The normalized spacial score (nSPS) is 16.1. The number of hydrogen-bond acceptors (Lipinski definition) is 5. The Hall–Kier alpha value is -0.670. The molecule has 1 aliphatic rings. The van der Waals surface area contributed by atoms with Crippen LogP contribution >= 0.6 is 23.7 Å². The van der Waals surface area contributed by atoms with E-state index in [1.165, 1.54) is 11.3 Å². The fourth-order valence-electron chi connectivity index (χ4n) is 2.52. The van der Waals surface area contributed by atoms with Crippen LogP contribution in [-0.2, 0) is 14.8 Å². The van der Waals surface area contributed by atoms with Crippen LogP contribution in [0.5, 0.6) is 0 Å². The van der Waals surface area contributed by atoms with Crippen LogP contribution in [0.1, 0.15) is 25.7 Å². The van der Waals surface area contributed by atoms with Crippen molar-refractivity contribution in [3.05, 3.63) is 17.5 Å². The van der Waals surface area contributed by atoms with Gasteiger partial charge >= 0.3 is 0 Å². The van der Waals surface area contributed by atoms with E-state index < -0.39 is 10.0 Å². The lowest BCUT2D eigenvalue weighted by Crippen LogP contribution is -2.46. The van der Waals surface area contributed by atoms with E-state index in [0.29, 0.717) is 36.6 Å². The summed E-state index contributed by atoms with van der Waals surface area (Å²) in [5.41, 5.74) is 0. The molecule has 0 aromatic carbocycles. The minimum absolute atomic E-state index is 0. The van der Waals surface area contributed by atoms with Crippen molar-refractivity contribution in [2.24, 2.45) is 0 Å². The lowest BCUT2D eigenvalue weighted by atomic mass is 10.1. The zero-order valence-electron chi connectivity index (χ0n) is 13.2. The summed E-state index contributed by atoms with van der Waals surface area (Å²) in [4.78, 5) is 13.9. The Kier molecular flexibility index (Phi) is 8.49. The summed E-state index contributed by atoms with van der Waals surface area (Å²) >= 11 is 1.21. The third-order valence-corrected chi connectivity index (χ3v) is 6.66. The molecule has 1 amide bonds. The maximum Gasteiger partial charge on any atom is 0.250 e. The molecule has 9 heteroatoms. The number of piperidine rings is 1. The molecule has 1 saturated heterocycles. The van der Waals surface area contributed by atoms with Gasteiger partial charge in [0.05, 0.1) is 0 Å². The first kappa shape index (κ1) is 20.4. The van der Waals surface area contributed by atoms with Crippen LogP contribution in [0, 0.1) is 0 Å². The third kappa shape index (κ3) is 6.04. The molecule has 2 heterocycles. The summed E-state index contributed by atoms with van der Waals surface area (Å²) in [5, 5.41) is 4.78. The van der Waals surface area contributed by atoms with Crippen LogP contribution in [0.2, 0.25) is 0 Å². The Bertz CT molecular complexity index is 570. The largest absolute Gasteiger partial charge is 0.343 e. The van der Waals surface area contributed by atoms with Gasteiger partial charge in [-0.25, -0.2) is 13.1 Å². The van der Waals surface area contributed by atoms with E-state index in [4.69, 9.17) is 0 Å². The van der Waals surface area contributed by atoms with Crippen molar-refractivity contribution in [2.75, 3.05) is 26.7 Å². The molecule has 0 atom stereocenters. The maximum atomic E-state index is 12.2. The summed E-state index contributed by atoms with van der Waals surface area (Å²) < 4.78 is 27.4. The number of carbonyl (C=O) groups is 1. The molecule has 0 radical (unpaired) electrons. The molecule has 0 bridgehead atoms. The highest BCUT2D eigenvalue weighted by Crippen LogP contribution is 2.19. The van der Waals surface area contributed by atoms with Gasteiger partial charge in [-0.3, -0.25) is 4.79 Å². The second-order valence-electron chi connectivity index (χ2n) is 5.42. The van der Waals surface area contributed by atoms with Gasteiger partial charge < -0.3 is 10.2 Å². The fourth-order valence-corrected chi connectivity index (χ4v) is 4.83. The number of hydrogen-bond donors (Lipinski definition) is 2. The average molecular weight is 382 g/mol. The molecule has 2 N–H and O–H groups in total. The summed E-state index contributed by atoms with van der Waals surface area (Å²) in [6, 6.07) is 3.24. The monoisotopic (exact) mass is 381 g/mol. The van der Waals surface area contributed by atoms with E-state index in [1.807, 2.05) is 11.9 Å². The van der Waals surface area contributed by atoms with Crippen molar-refractivity contribution >= 4 is 39.7 Å². The standard InChI is InChI=1S/C14H23N3O3S2.ClH/c1-15-8-2-4-13(18)17-9-6-12(7-10-17)16-22(19,20)14-5-3-11-21-14;/h3,5,11-12,15-16H,2,4,6-10H2,1H3;1H. The quantitative estimate of drug-likeness (QED) is 0.700. The van der Waals surface area contributed by atoms with Crippen LogP contribution in [-0.4, -0.2) is 51.9 Å². The Morgan fingerprint density at radius 1 is 1.39 bits per heavy atom. The minimum atomic E-state index is -3.42. The number of rotatable bonds is 7. The number of amides is 1. The summed E-state index contributed by atoms with van der Waals surface area (Å²) in [6.07, 6.45) is 2.72. The lowest BCUT2D eigenvalue weighted by Gasteiger charge is -2.32. The molecule has 132 valence electrons. The van der Waals surface area contributed by atoms with Crippen LogP contribution in [0.3, 0.4) is 0 Å². The van der Waals surface area contributed by atoms with E-state index >= 15 is 0 Å². The van der Waals surface area contributed by atoms with Crippen LogP contribution in [0.25, 0.3) is 0 Å². The zero-order chi connectivity index (χ0) is 16.0. The number of sulfonamides is 1. The van der Waals surface area contributed by atoms with Gasteiger partial charge in [-0.05, 0) is 44.3 Å². The molecule has 0 unspecified atom stereocenters. The molecular weight excluding hydrogens is 358 g/mol. The van der Waals surface area contributed by atoms with Gasteiger partial charge in [-0.1, -0.05) is 6.07 Å². The van der Waals surface area contributed by atoms with Gasteiger partial charge in [-0.15, -0.1) is 23.7 Å².